The third-order valence-electron chi connectivity index (χ3n) is 9.98. The predicted octanol–water partition coefficient (Wildman–Crippen LogP) is 4.40. The van der Waals surface area contributed by atoms with Crippen molar-refractivity contribution < 1.29 is 19.1 Å². The number of anilines is 1. The molecule has 2 aliphatic heterocycles. The van der Waals surface area contributed by atoms with Crippen LogP contribution in [0, 0.1) is 0 Å². The van der Waals surface area contributed by atoms with E-state index in [2.05, 4.69) is 75.4 Å². The lowest BCUT2D eigenvalue weighted by molar-refractivity contribution is -0.129. The van der Waals surface area contributed by atoms with Crippen molar-refractivity contribution in [3.05, 3.63) is 71.0 Å². The number of nitrogens with zero attached hydrogens (tertiary/aromatic N) is 4. The zero-order chi connectivity index (χ0) is 35.7. The molecule has 4 aromatic rings. The van der Waals surface area contributed by atoms with Crippen LogP contribution in [0.1, 0.15) is 62.4 Å². The highest BCUT2D eigenvalue weighted by Crippen LogP contribution is 2.33. The molecule has 0 aliphatic carbocycles. The van der Waals surface area contributed by atoms with Crippen LogP contribution >= 0.6 is 0 Å². The van der Waals surface area contributed by atoms with E-state index >= 15 is 0 Å². The van der Waals surface area contributed by atoms with Crippen LogP contribution in [0.3, 0.4) is 0 Å². The van der Waals surface area contributed by atoms with E-state index in [0.717, 1.165) is 89.4 Å². The molecule has 0 saturated carbocycles. The fraction of sp³-hybridized carbons (Fsp3) is 0.487. The van der Waals surface area contributed by atoms with Crippen molar-refractivity contribution in [1.29, 1.82) is 0 Å². The monoisotopic (exact) mass is 696 g/mol. The summed E-state index contributed by atoms with van der Waals surface area (Å²) in [5, 5.41) is 18.6. The Kier molecular flexibility index (Phi) is 12.2. The standard InChI is InChI=1S/C39H52N8O4/c1-5-34-32(38(44-30-12-16-51-17-13-30)33-24-43-47(6-2)39(33)45-34)23-42-37(49)20-36(48)41-22-27-10-11-35(50-4)31(19-27)29-9-7-8-28(18-29)25-46-15-14-40-21-26(46)3/h7-11,18-19,24,26,30,40H,5-6,12-17,20-23,25H2,1-4H3,(H,41,48)(H,42,49)(H,44,45)/t26-/m0/s1. The number of carbonyl (C=O) groups excluding carboxylic acids is 2. The van der Waals surface area contributed by atoms with Crippen LogP contribution in [0.4, 0.5) is 5.69 Å². The Bertz CT molecular complexity index is 1820. The highest BCUT2D eigenvalue weighted by Gasteiger charge is 2.23. The Balaban J connectivity index is 1.09. The molecule has 12 heteroatoms. The van der Waals surface area contributed by atoms with Gasteiger partial charge in [-0.1, -0.05) is 31.2 Å². The Morgan fingerprint density at radius 2 is 1.84 bits per heavy atom. The molecule has 2 amide bonds. The van der Waals surface area contributed by atoms with Crippen LogP contribution in [0.15, 0.2) is 48.7 Å². The molecule has 272 valence electrons. The van der Waals surface area contributed by atoms with Gasteiger partial charge in [0.2, 0.25) is 11.8 Å². The first-order valence-electron chi connectivity index (χ1n) is 18.3. The summed E-state index contributed by atoms with van der Waals surface area (Å²) in [6.45, 7) is 13.0. The fourth-order valence-corrected chi connectivity index (χ4v) is 7.04. The largest absolute Gasteiger partial charge is 0.496 e. The molecular formula is C39H52N8O4. The van der Waals surface area contributed by atoms with Gasteiger partial charge in [-0.3, -0.25) is 14.5 Å². The lowest BCUT2D eigenvalue weighted by Crippen LogP contribution is -2.49. The molecule has 1 atom stereocenters. The topological polar surface area (TPSA) is 135 Å². The number of carbonyl (C=O) groups is 2. The van der Waals surface area contributed by atoms with Crippen molar-refractivity contribution in [2.45, 2.75) is 84.7 Å². The molecule has 2 fully saturated rings. The second-order valence-corrected chi connectivity index (χ2v) is 13.5. The summed E-state index contributed by atoms with van der Waals surface area (Å²) in [4.78, 5) is 33.5. The lowest BCUT2D eigenvalue weighted by Gasteiger charge is -2.34. The van der Waals surface area contributed by atoms with Crippen LogP contribution in [0.5, 0.6) is 5.75 Å². The van der Waals surface area contributed by atoms with Crippen molar-refractivity contribution in [3.8, 4) is 16.9 Å². The maximum absolute atomic E-state index is 13.1. The zero-order valence-electron chi connectivity index (χ0n) is 30.4. The number of ether oxygens (including phenoxy) is 2. The molecule has 2 aromatic heterocycles. The zero-order valence-corrected chi connectivity index (χ0v) is 30.4. The van der Waals surface area contributed by atoms with E-state index in [1.807, 2.05) is 29.9 Å². The third kappa shape index (κ3) is 8.87. The first-order valence-corrected chi connectivity index (χ1v) is 18.3. The Morgan fingerprint density at radius 3 is 2.59 bits per heavy atom. The van der Waals surface area contributed by atoms with Crippen LogP contribution in [0.25, 0.3) is 22.2 Å². The van der Waals surface area contributed by atoms with Crippen molar-refractivity contribution >= 4 is 28.5 Å². The van der Waals surface area contributed by atoms with E-state index in [4.69, 9.17) is 14.5 Å². The fourth-order valence-electron chi connectivity index (χ4n) is 7.04. The number of pyridine rings is 1. The van der Waals surface area contributed by atoms with E-state index < -0.39 is 0 Å². The average molecular weight is 697 g/mol. The number of hydrogen-bond acceptors (Lipinski definition) is 9. The summed E-state index contributed by atoms with van der Waals surface area (Å²) < 4.78 is 13.2. The van der Waals surface area contributed by atoms with Gasteiger partial charge in [-0.25, -0.2) is 9.67 Å². The normalized spacial score (nSPS) is 17.0. The van der Waals surface area contributed by atoms with Crippen molar-refractivity contribution in [3.63, 3.8) is 0 Å². The molecule has 4 N–H and O–H groups in total. The maximum atomic E-state index is 13.1. The molecule has 12 nitrogen and oxygen atoms in total. The van der Waals surface area contributed by atoms with E-state index in [-0.39, 0.29) is 30.8 Å². The number of aryl methyl sites for hydroxylation is 2. The van der Waals surface area contributed by atoms with Gasteiger partial charge in [0.25, 0.3) is 0 Å². The van der Waals surface area contributed by atoms with Crippen LogP contribution < -0.4 is 26.0 Å². The van der Waals surface area contributed by atoms with Crippen LogP contribution in [-0.2, 0) is 46.9 Å². The number of hydrogen-bond donors (Lipinski definition) is 4. The summed E-state index contributed by atoms with van der Waals surface area (Å²) in [5.74, 6) is 0.0806. The van der Waals surface area contributed by atoms with Gasteiger partial charge in [-0.05, 0) is 68.0 Å². The van der Waals surface area contributed by atoms with Gasteiger partial charge in [0.05, 0.1) is 24.4 Å². The molecule has 0 unspecified atom stereocenters. The molecule has 4 heterocycles. The molecular weight excluding hydrogens is 644 g/mol. The first-order chi connectivity index (χ1) is 24.9. The number of amides is 2. The van der Waals surface area contributed by atoms with Gasteiger partial charge >= 0.3 is 0 Å². The molecule has 0 spiro atoms. The molecule has 0 radical (unpaired) electrons. The Morgan fingerprint density at radius 1 is 1.04 bits per heavy atom. The number of aromatic nitrogens is 3. The second kappa shape index (κ2) is 17.1. The van der Waals surface area contributed by atoms with Gasteiger partial charge in [-0.2, -0.15) is 5.10 Å². The highest BCUT2D eigenvalue weighted by atomic mass is 16.5. The first kappa shape index (κ1) is 36.3. The SMILES string of the molecule is CCc1nc2c(cnn2CC)c(NC2CCOCC2)c1CNC(=O)CC(=O)NCc1ccc(OC)c(-c2cccc(CN3CCNC[C@@H]3C)c2)c1. The summed E-state index contributed by atoms with van der Waals surface area (Å²) in [6.07, 6.45) is 4.07. The van der Waals surface area contributed by atoms with E-state index in [1.165, 1.54) is 5.56 Å². The number of fused-ring (bicyclic) bond motifs is 1. The minimum atomic E-state index is -0.345. The van der Waals surface area contributed by atoms with Crippen LogP contribution in [0.2, 0.25) is 0 Å². The van der Waals surface area contributed by atoms with Crippen LogP contribution in [-0.4, -0.2) is 83.5 Å². The molecule has 51 heavy (non-hydrogen) atoms. The predicted molar refractivity (Wildman–Crippen MR) is 200 cm³/mol. The van der Waals surface area contributed by atoms with E-state index in [0.29, 0.717) is 38.8 Å². The Hall–Kier alpha value is -4.52. The second-order valence-electron chi connectivity index (χ2n) is 13.5. The van der Waals surface area contributed by atoms with E-state index in [9.17, 15) is 9.59 Å². The van der Waals surface area contributed by atoms with Gasteiger partial charge < -0.3 is 30.7 Å². The van der Waals surface area contributed by atoms with Gasteiger partial charge in [0.1, 0.15) is 12.2 Å². The number of nitrogens with one attached hydrogen (secondary N) is 4. The summed E-state index contributed by atoms with van der Waals surface area (Å²) in [5.41, 5.74) is 7.80. The molecule has 2 saturated heterocycles. The minimum Gasteiger partial charge on any atom is -0.496 e. The quantitative estimate of drug-likeness (QED) is 0.142. The van der Waals surface area contributed by atoms with Gasteiger partial charge in [-0.15, -0.1) is 0 Å². The summed E-state index contributed by atoms with van der Waals surface area (Å²) in [7, 11) is 1.67. The highest BCUT2D eigenvalue weighted by molar-refractivity contribution is 5.97. The van der Waals surface area contributed by atoms with Crippen molar-refractivity contribution in [1.82, 2.24) is 35.6 Å². The number of piperazine rings is 1. The molecule has 2 aliphatic rings. The summed E-state index contributed by atoms with van der Waals surface area (Å²) in [6, 6.07) is 15.2. The molecule has 0 bridgehead atoms. The van der Waals surface area contributed by atoms with E-state index in [1.54, 1.807) is 7.11 Å². The molecule has 6 rings (SSSR count). The summed E-state index contributed by atoms with van der Waals surface area (Å²) >= 11 is 0. The number of benzene rings is 2. The number of rotatable bonds is 14. The Labute approximate surface area is 300 Å². The van der Waals surface area contributed by atoms with Crippen molar-refractivity contribution in [2.75, 3.05) is 45.3 Å². The lowest BCUT2D eigenvalue weighted by atomic mass is 9.99. The molecule has 2 aromatic carbocycles. The van der Waals surface area contributed by atoms with Gasteiger partial charge in [0, 0.05) is 87.9 Å². The minimum absolute atomic E-state index is 0.253. The number of methoxy groups -OCH3 is 1. The average Bonchev–Trinajstić information content (AvgIpc) is 3.57. The van der Waals surface area contributed by atoms with Gasteiger partial charge in [0.15, 0.2) is 5.65 Å². The third-order valence-corrected chi connectivity index (χ3v) is 9.98. The smallest absolute Gasteiger partial charge is 0.229 e. The van der Waals surface area contributed by atoms with Crippen molar-refractivity contribution in [2.24, 2.45) is 0 Å². The maximum Gasteiger partial charge on any atom is 0.229 e.